The fourth-order valence-electron chi connectivity index (χ4n) is 4.29. The van der Waals surface area contributed by atoms with E-state index in [4.69, 9.17) is 14.6 Å². The molecule has 3 rings (SSSR count). The second-order valence-electron chi connectivity index (χ2n) is 7.79. The highest BCUT2D eigenvalue weighted by molar-refractivity contribution is 5.66. The molecular weight excluding hydrogens is 360 g/mol. The Morgan fingerprint density at radius 3 is 2.79 bits per heavy atom. The number of para-hydroxylation sites is 1. The fourth-order valence-corrected chi connectivity index (χ4v) is 4.29. The number of fused-ring (bicyclic) bond motifs is 1. The number of hydrogen-bond acceptors (Lipinski definition) is 5. The van der Waals surface area contributed by atoms with Crippen molar-refractivity contribution in [2.75, 3.05) is 6.61 Å². The molecular formula is C22H30O6. The molecule has 6 atom stereocenters. The van der Waals surface area contributed by atoms with Gasteiger partial charge in [-0.25, -0.2) is 0 Å². The van der Waals surface area contributed by atoms with Crippen molar-refractivity contribution in [3.63, 3.8) is 0 Å². The fraction of sp³-hybridized carbons (Fsp3) is 0.591. The number of carboxylic acids is 1. The summed E-state index contributed by atoms with van der Waals surface area (Å²) in [6.07, 6.45) is 6.67. The van der Waals surface area contributed by atoms with Crippen molar-refractivity contribution in [1.82, 2.24) is 0 Å². The van der Waals surface area contributed by atoms with Crippen LogP contribution in [0.4, 0.5) is 0 Å². The molecule has 1 aromatic carbocycles. The van der Waals surface area contributed by atoms with Crippen molar-refractivity contribution >= 4 is 5.97 Å². The summed E-state index contributed by atoms with van der Waals surface area (Å²) in [6.45, 7) is 0.167. The third-order valence-electron chi connectivity index (χ3n) is 5.68. The Balaban J connectivity index is 1.44. The van der Waals surface area contributed by atoms with Gasteiger partial charge in [-0.05, 0) is 37.3 Å². The zero-order valence-corrected chi connectivity index (χ0v) is 16.0. The van der Waals surface area contributed by atoms with Crippen LogP contribution in [0.25, 0.3) is 0 Å². The van der Waals surface area contributed by atoms with Crippen LogP contribution in [0.2, 0.25) is 0 Å². The standard InChI is InChI=1S/C22H30O6/c23-15(14-27-16-6-2-1-3-7-16)10-11-18-19-12-17(8-4-5-9-22(25)26)28-21(19)13-20(18)24/h1-3,6-7,10-11,15,17-21,23-24H,4-5,8-9,12-14H2,(H,25,26)/b11-10+/t15-,17?,18-,19-,20-,21-/m1/s1. The van der Waals surface area contributed by atoms with Gasteiger partial charge in [0.25, 0.3) is 0 Å². The lowest BCUT2D eigenvalue weighted by Crippen LogP contribution is -2.20. The number of hydrogen-bond donors (Lipinski definition) is 3. The molecule has 1 heterocycles. The molecule has 3 N–H and O–H groups in total. The van der Waals surface area contributed by atoms with Gasteiger partial charge in [0.2, 0.25) is 0 Å². The number of aliphatic carboxylic acids is 1. The molecule has 0 amide bonds. The second kappa shape index (κ2) is 10.0. The number of ether oxygens (including phenoxy) is 2. The average Bonchev–Trinajstić information content (AvgIpc) is 3.19. The Kier molecular flexibility index (Phi) is 7.48. The lowest BCUT2D eigenvalue weighted by molar-refractivity contribution is -0.137. The van der Waals surface area contributed by atoms with Crippen molar-refractivity contribution in [2.45, 2.75) is 62.9 Å². The summed E-state index contributed by atoms with van der Waals surface area (Å²) in [5, 5.41) is 29.2. The molecule has 1 aliphatic heterocycles. The lowest BCUT2D eigenvalue weighted by atomic mass is 9.89. The van der Waals surface area contributed by atoms with Gasteiger partial charge in [0.05, 0.1) is 18.3 Å². The molecule has 1 saturated heterocycles. The quantitative estimate of drug-likeness (QED) is 0.420. The van der Waals surface area contributed by atoms with Crippen LogP contribution in [0.5, 0.6) is 5.75 Å². The van der Waals surface area contributed by atoms with E-state index in [1.54, 1.807) is 6.08 Å². The van der Waals surface area contributed by atoms with Crippen molar-refractivity contribution in [2.24, 2.45) is 11.8 Å². The van der Waals surface area contributed by atoms with E-state index in [1.165, 1.54) is 0 Å². The van der Waals surface area contributed by atoms with Crippen molar-refractivity contribution in [3.05, 3.63) is 42.5 Å². The maximum absolute atomic E-state index is 10.6. The molecule has 2 aliphatic rings. The van der Waals surface area contributed by atoms with E-state index in [-0.39, 0.29) is 37.1 Å². The van der Waals surface area contributed by atoms with E-state index in [1.807, 2.05) is 36.4 Å². The van der Waals surface area contributed by atoms with Crippen molar-refractivity contribution in [1.29, 1.82) is 0 Å². The smallest absolute Gasteiger partial charge is 0.303 e. The number of aliphatic hydroxyl groups is 2. The lowest BCUT2D eigenvalue weighted by Gasteiger charge is -2.18. The average molecular weight is 390 g/mol. The molecule has 154 valence electrons. The van der Waals surface area contributed by atoms with Gasteiger partial charge in [-0.2, -0.15) is 0 Å². The number of carbonyl (C=O) groups is 1. The third kappa shape index (κ3) is 5.80. The molecule has 1 aliphatic carbocycles. The molecule has 0 aromatic heterocycles. The zero-order valence-electron chi connectivity index (χ0n) is 16.0. The first-order chi connectivity index (χ1) is 13.5. The highest BCUT2D eigenvalue weighted by Crippen LogP contribution is 2.45. The van der Waals surface area contributed by atoms with Crippen LogP contribution in [-0.2, 0) is 9.53 Å². The van der Waals surface area contributed by atoms with Gasteiger partial charge in [-0.1, -0.05) is 36.8 Å². The van der Waals surface area contributed by atoms with E-state index in [0.29, 0.717) is 18.6 Å². The number of benzene rings is 1. The Morgan fingerprint density at radius 2 is 2.04 bits per heavy atom. The Morgan fingerprint density at radius 1 is 1.25 bits per heavy atom. The third-order valence-corrected chi connectivity index (χ3v) is 5.68. The van der Waals surface area contributed by atoms with Gasteiger partial charge in [-0.15, -0.1) is 0 Å². The highest BCUT2D eigenvalue weighted by Gasteiger charge is 2.47. The summed E-state index contributed by atoms with van der Waals surface area (Å²) < 4.78 is 11.6. The van der Waals surface area contributed by atoms with Gasteiger partial charge < -0.3 is 24.8 Å². The maximum Gasteiger partial charge on any atom is 0.303 e. The second-order valence-corrected chi connectivity index (χ2v) is 7.79. The predicted molar refractivity (Wildman–Crippen MR) is 104 cm³/mol. The molecule has 0 bridgehead atoms. The van der Waals surface area contributed by atoms with Gasteiger partial charge >= 0.3 is 5.97 Å². The van der Waals surface area contributed by atoms with Crippen LogP contribution >= 0.6 is 0 Å². The van der Waals surface area contributed by atoms with Crippen LogP contribution in [0.15, 0.2) is 42.5 Å². The Bertz CT molecular complexity index is 646. The van der Waals surface area contributed by atoms with Crippen molar-refractivity contribution < 1.29 is 29.6 Å². The largest absolute Gasteiger partial charge is 0.491 e. The summed E-state index contributed by atoms with van der Waals surface area (Å²) in [5.74, 6) is 0.177. The number of carboxylic acid groups (broad SMARTS) is 1. The first kappa shape index (κ1) is 20.8. The first-order valence-corrected chi connectivity index (χ1v) is 10.1. The monoisotopic (exact) mass is 390 g/mol. The SMILES string of the molecule is O=C(O)CCCCC1C[C@@H]2[C@@H](/C=C/[C@@H](O)COc3ccccc3)[C@H](O)C[C@H]2O1. The van der Waals surface area contributed by atoms with E-state index < -0.39 is 18.2 Å². The molecule has 2 fully saturated rings. The van der Waals surface area contributed by atoms with Crippen molar-refractivity contribution in [3.8, 4) is 5.75 Å². The van der Waals surface area contributed by atoms with E-state index >= 15 is 0 Å². The molecule has 1 aromatic rings. The van der Waals surface area contributed by atoms with Gasteiger partial charge in [0, 0.05) is 18.8 Å². The van der Waals surface area contributed by atoms with Crippen LogP contribution in [0.1, 0.15) is 38.5 Å². The van der Waals surface area contributed by atoms with Gasteiger partial charge in [-0.3, -0.25) is 4.79 Å². The van der Waals surface area contributed by atoms with Crippen LogP contribution in [0.3, 0.4) is 0 Å². The molecule has 1 saturated carbocycles. The van der Waals surface area contributed by atoms with E-state index in [9.17, 15) is 15.0 Å². The molecule has 1 unspecified atom stereocenters. The van der Waals surface area contributed by atoms with E-state index in [2.05, 4.69) is 0 Å². The Labute approximate surface area is 165 Å². The zero-order chi connectivity index (χ0) is 19.9. The Hall–Kier alpha value is -1.89. The minimum atomic E-state index is -0.757. The summed E-state index contributed by atoms with van der Waals surface area (Å²) >= 11 is 0. The number of aliphatic hydroxyl groups excluding tert-OH is 2. The summed E-state index contributed by atoms with van der Waals surface area (Å²) in [7, 11) is 0. The van der Waals surface area contributed by atoms with Crippen LogP contribution < -0.4 is 4.74 Å². The molecule has 28 heavy (non-hydrogen) atoms. The molecule has 0 radical (unpaired) electrons. The molecule has 6 nitrogen and oxygen atoms in total. The van der Waals surface area contributed by atoms with Gasteiger partial charge in [0.15, 0.2) is 0 Å². The minimum Gasteiger partial charge on any atom is -0.491 e. The van der Waals surface area contributed by atoms with Crippen LogP contribution in [0, 0.1) is 11.8 Å². The topological polar surface area (TPSA) is 96.2 Å². The number of unbranched alkanes of at least 4 members (excludes halogenated alkanes) is 1. The highest BCUT2D eigenvalue weighted by atomic mass is 16.5. The minimum absolute atomic E-state index is 0.0274. The summed E-state index contributed by atoms with van der Waals surface area (Å²) in [6, 6.07) is 9.35. The number of rotatable bonds is 10. The van der Waals surface area contributed by atoms with Crippen LogP contribution in [-0.4, -0.2) is 52.3 Å². The predicted octanol–water partition coefficient (Wildman–Crippen LogP) is 2.78. The first-order valence-electron chi connectivity index (χ1n) is 10.1. The maximum atomic E-state index is 10.6. The van der Waals surface area contributed by atoms with Gasteiger partial charge in [0.1, 0.15) is 18.5 Å². The van der Waals surface area contributed by atoms with E-state index in [0.717, 1.165) is 19.3 Å². The summed E-state index contributed by atoms with van der Waals surface area (Å²) in [4.78, 5) is 10.6. The molecule has 6 heteroatoms. The normalized spacial score (nSPS) is 30.4. The summed E-state index contributed by atoms with van der Waals surface area (Å²) in [5.41, 5.74) is 0. The molecule has 0 spiro atoms.